The van der Waals surface area contributed by atoms with Crippen molar-refractivity contribution >= 4 is 6.08 Å². The molecule has 0 spiro atoms. The number of rotatable bonds is 4. The zero-order chi connectivity index (χ0) is 12.1. The molecule has 0 saturated heterocycles. The van der Waals surface area contributed by atoms with Gasteiger partial charge in [-0.3, -0.25) is 0 Å². The number of imidazole rings is 1. The third-order valence-electron chi connectivity index (χ3n) is 3.00. The Bertz CT molecular complexity index is 475. The van der Waals surface area contributed by atoms with Gasteiger partial charge in [-0.2, -0.15) is 0 Å². The van der Waals surface area contributed by atoms with Crippen molar-refractivity contribution in [3.8, 4) is 0 Å². The third kappa shape index (κ3) is 3.06. The van der Waals surface area contributed by atoms with Crippen molar-refractivity contribution in [2.75, 3.05) is 0 Å². The van der Waals surface area contributed by atoms with E-state index < -0.39 is 0 Å². The van der Waals surface area contributed by atoms with Crippen LogP contribution in [0.25, 0.3) is 6.08 Å². The molecule has 0 saturated carbocycles. The fourth-order valence-electron chi connectivity index (χ4n) is 2.03. The summed E-state index contributed by atoms with van der Waals surface area (Å²) in [6.45, 7) is 4.36. The number of allylic oxidation sites excluding steroid dienone is 1. The van der Waals surface area contributed by atoms with Crippen LogP contribution in [-0.2, 0) is 6.42 Å². The van der Waals surface area contributed by atoms with Gasteiger partial charge in [0.25, 0.3) is 0 Å². The highest BCUT2D eigenvalue weighted by atomic mass is 14.9. The maximum atomic E-state index is 4.15. The van der Waals surface area contributed by atoms with Gasteiger partial charge in [0.15, 0.2) is 0 Å². The fourth-order valence-corrected chi connectivity index (χ4v) is 2.03. The average Bonchev–Trinajstić information content (AvgIpc) is 2.80. The Hall–Kier alpha value is -1.83. The lowest BCUT2D eigenvalue weighted by Crippen LogP contribution is -1.92. The number of nitrogens with one attached hydrogen (secondary N) is 1. The minimum Gasteiger partial charge on any atom is -0.345 e. The van der Waals surface area contributed by atoms with E-state index in [1.165, 1.54) is 16.7 Å². The topological polar surface area (TPSA) is 28.7 Å². The van der Waals surface area contributed by atoms with E-state index in [9.17, 15) is 0 Å². The zero-order valence-corrected chi connectivity index (χ0v) is 10.4. The van der Waals surface area contributed by atoms with Crippen LogP contribution in [0.3, 0.4) is 0 Å². The van der Waals surface area contributed by atoms with Crippen LogP contribution in [0.15, 0.2) is 36.7 Å². The summed E-state index contributed by atoms with van der Waals surface area (Å²) in [6, 6.07) is 6.48. The van der Waals surface area contributed by atoms with Crippen LogP contribution >= 0.6 is 0 Å². The Morgan fingerprint density at radius 1 is 1.24 bits per heavy atom. The second kappa shape index (κ2) is 5.48. The van der Waals surface area contributed by atoms with E-state index in [-0.39, 0.29) is 0 Å². The number of hydrogen-bond acceptors (Lipinski definition) is 1. The maximum absolute atomic E-state index is 4.15. The van der Waals surface area contributed by atoms with Gasteiger partial charge in [0.2, 0.25) is 0 Å². The minimum absolute atomic E-state index is 0.923. The number of nitrogens with zero attached hydrogens (tertiary/aromatic N) is 1. The first-order chi connectivity index (χ1) is 8.27. The SMILES string of the molecule is Cc1cccc(C)c1CCC=Cc1ncc[nH]1. The lowest BCUT2D eigenvalue weighted by molar-refractivity contribution is 0.974. The molecule has 0 amide bonds. The summed E-state index contributed by atoms with van der Waals surface area (Å²) >= 11 is 0. The molecule has 1 aromatic heterocycles. The highest BCUT2D eigenvalue weighted by molar-refractivity contribution is 5.40. The number of hydrogen-bond donors (Lipinski definition) is 1. The number of aromatic amines is 1. The summed E-state index contributed by atoms with van der Waals surface area (Å²) in [5.41, 5.74) is 4.24. The van der Waals surface area contributed by atoms with Crippen molar-refractivity contribution in [2.45, 2.75) is 26.7 Å². The summed E-state index contributed by atoms with van der Waals surface area (Å²) in [6.07, 6.45) is 9.96. The molecular formula is C15H18N2. The number of aromatic nitrogens is 2. The second-order valence-electron chi connectivity index (χ2n) is 4.29. The van der Waals surface area contributed by atoms with Crippen molar-refractivity contribution < 1.29 is 0 Å². The molecule has 17 heavy (non-hydrogen) atoms. The molecule has 2 rings (SSSR count). The van der Waals surface area contributed by atoms with Crippen LogP contribution in [0, 0.1) is 13.8 Å². The van der Waals surface area contributed by atoms with E-state index >= 15 is 0 Å². The molecule has 0 atom stereocenters. The number of benzene rings is 1. The lowest BCUT2D eigenvalue weighted by Gasteiger charge is -2.07. The van der Waals surface area contributed by atoms with Crippen LogP contribution in [0.1, 0.15) is 28.9 Å². The van der Waals surface area contributed by atoms with Gasteiger partial charge in [0, 0.05) is 12.4 Å². The molecule has 0 unspecified atom stereocenters. The van der Waals surface area contributed by atoms with Crippen molar-refractivity contribution in [1.82, 2.24) is 9.97 Å². The average molecular weight is 226 g/mol. The van der Waals surface area contributed by atoms with Crippen LogP contribution in [-0.4, -0.2) is 9.97 Å². The molecule has 0 aliphatic carbocycles. The first-order valence-electron chi connectivity index (χ1n) is 5.98. The molecule has 1 aromatic carbocycles. The summed E-state index contributed by atoms with van der Waals surface area (Å²) in [5, 5.41) is 0. The Balaban J connectivity index is 1.94. The summed E-state index contributed by atoms with van der Waals surface area (Å²) in [4.78, 5) is 7.21. The Morgan fingerprint density at radius 2 is 2.00 bits per heavy atom. The molecule has 2 aromatic rings. The van der Waals surface area contributed by atoms with Crippen LogP contribution in [0.4, 0.5) is 0 Å². The predicted molar refractivity (Wildman–Crippen MR) is 71.9 cm³/mol. The van der Waals surface area contributed by atoms with E-state index in [0.29, 0.717) is 0 Å². The Kier molecular flexibility index (Phi) is 3.76. The van der Waals surface area contributed by atoms with Crippen molar-refractivity contribution in [3.63, 3.8) is 0 Å². The Labute approximate surface area is 102 Å². The van der Waals surface area contributed by atoms with Crippen LogP contribution in [0.2, 0.25) is 0 Å². The monoisotopic (exact) mass is 226 g/mol. The Morgan fingerprint density at radius 3 is 2.65 bits per heavy atom. The maximum Gasteiger partial charge on any atom is 0.129 e. The van der Waals surface area contributed by atoms with Crippen molar-refractivity contribution in [1.29, 1.82) is 0 Å². The predicted octanol–water partition coefficient (Wildman–Crippen LogP) is 3.67. The summed E-state index contributed by atoms with van der Waals surface area (Å²) in [7, 11) is 0. The molecule has 0 bridgehead atoms. The van der Waals surface area contributed by atoms with Gasteiger partial charge in [-0.15, -0.1) is 0 Å². The minimum atomic E-state index is 0.923. The van der Waals surface area contributed by atoms with Gasteiger partial charge >= 0.3 is 0 Å². The number of aryl methyl sites for hydroxylation is 2. The van der Waals surface area contributed by atoms with E-state index in [0.717, 1.165) is 18.7 Å². The van der Waals surface area contributed by atoms with Crippen LogP contribution < -0.4 is 0 Å². The van der Waals surface area contributed by atoms with Gasteiger partial charge < -0.3 is 4.98 Å². The second-order valence-corrected chi connectivity index (χ2v) is 4.29. The molecule has 2 nitrogen and oxygen atoms in total. The lowest BCUT2D eigenvalue weighted by atomic mass is 9.99. The number of H-pyrrole nitrogens is 1. The normalized spacial score (nSPS) is 11.2. The highest BCUT2D eigenvalue weighted by Crippen LogP contribution is 2.15. The van der Waals surface area contributed by atoms with Crippen molar-refractivity contribution in [3.05, 3.63) is 59.2 Å². The largest absolute Gasteiger partial charge is 0.345 e. The molecule has 88 valence electrons. The van der Waals surface area contributed by atoms with E-state index in [4.69, 9.17) is 0 Å². The molecule has 0 aliphatic rings. The summed E-state index contributed by atoms with van der Waals surface area (Å²) < 4.78 is 0. The molecule has 1 N–H and O–H groups in total. The van der Waals surface area contributed by atoms with Gasteiger partial charge in [-0.25, -0.2) is 4.98 Å². The first-order valence-corrected chi connectivity index (χ1v) is 5.98. The molecule has 2 heteroatoms. The van der Waals surface area contributed by atoms with E-state index in [1.54, 1.807) is 6.20 Å². The fraction of sp³-hybridized carbons (Fsp3) is 0.267. The first kappa shape index (κ1) is 11.6. The third-order valence-corrected chi connectivity index (χ3v) is 3.00. The smallest absolute Gasteiger partial charge is 0.129 e. The summed E-state index contributed by atoms with van der Waals surface area (Å²) in [5.74, 6) is 0.923. The molecular weight excluding hydrogens is 208 g/mol. The molecule has 0 aliphatic heterocycles. The quantitative estimate of drug-likeness (QED) is 0.846. The van der Waals surface area contributed by atoms with Crippen LogP contribution in [0.5, 0.6) is 0 Å². The van der Waals surface area contributed by atoms with E-state index in [2.05, 4.69) is 48.1 Å². The van der Waals surface area contributed by atoms with E-state index in [1.807, 2.05) is 12.3 Å². The zero-order valence-electron chi connectivity index (χ0n) is 10.4. The van der Waals surface area contributed by atoms with Gasteiger partial charge in [-0.05, 0) is 49.5 Å². The molecule has 0 fully saturated rings. The van der Waals surface area contributed by atoms with Gasteiger partial charge in [0.1, 0.15) is 5.82 Å². The molecule has 1 heterocycles. The molecule has 0 radical (unpaired) electrons. The highest BCUT2D eigenvalue weighted by Gasteiger charge is 2.00. The standard InChI is InChI=1S/C15H18N2/c1-12-6-5-7-13(2)14(12)8-3-4-9-15-16-10-11-17-15/h4-7,9-11H,3,8H2,1-2H3,(H,16,17). The van der Waals surface area contributed by atoms with Crippen molar-refractivity contribution in [2.24, 2.45) is 0 Å². The van der Waals surface area contributed by atoms with Gasteiger partial charge in [-0.1, -0.05) is 24.3 Å². The van der Waals surface area contributed by atoms with Gasteiger partial charge in [0.05, 0.1) is 0 Å².